The summed E-state index contributed by atoms with van der Waals surface area (Å²) in [6.45, 7) is 1.40. The monoisotopic (exact) mass is 598 g/mol. The van der Waals surface area contributed by atoms with Crippen LogP contribution in [0.1, 0.15) is 36.6 Å². The summed E-state index contributed by atoms with van der Waals surface area (Å²) in [5.74, 6) is -2.11. The van der Waals surface area contributed by atoms with Gasteiger partial charge in [0.1, 0.15) is 11.5 Å². The van der Waals surface area contributed by atoms with Crippen LogP contribution in [0.5, 0.6) is 0 Å². The Morgan fingerprint density at radius 1 is 0.628 bits per heavy atom. The predicted octanol–water partition coefficient (Wildman–Crippen LogP) is 5.48. The highest BCUT2D eigenvalue weighted by atomic mass is 32.2. The summed E-state index contributed by atoms with van der Waals surface area (Å²) in [5, 5.41) is 10.4. The van der Waals surface area contributed by atoms with Crippen molar-refractivity contribution in [3.8, 4) is 0 Å². The smallest absolute Gasteiger partial charge is 0.338 e. The maximum Gasteiger partial charge on any atom is 0.338 e. The molecule has 220 valence electrons. The van der Waals surface area contributed by atoms with Crippen molar-refractivity contribution in [2.24, 2.45) is 0 Å². The molecule has 5 rings (SSSR count). The van der Waals surface area contributed by atoms with E-state index in [1.54, 1.807) is 91.0 Å². The number of aryl methyl sites for hydroxylation is 1. The molecule has 1 fully saturated rings. The van der Waals surface area contributed by atoms with Crippen molar-refractivity contribution in [1.82, 2.24) is 0 Å². The summed E-state index contributed by atoms with van der Waals surface area (Å²) in [6, 6.07) is 32.6. The van der Waals surface area contributed by atoms with Crippen LogP contribution in [0.25, 0.3) is 0 Å². The van der Waals surface area contributed by atoms with Gasteiger partial charge in [-0.1, -0.05) is 84.1 Å². The minimum atomic E-state index is -1.33. The number of thioether (sulfide) groups is 1. The lowest BCUT2D eigenvalue weighted by molar-refractivity contribution is -0.207. The van der Waals surface area contributed by atoms with Crippen LogP contribution in [0.3, 0.4) is 0 Å². The van der Waals surface area contributed by atoms with Crippen LogP contribution >= 0.6 is 11.8 Å². The lowest BCUT2D eigenvalue weighted by Gasteiger charge is -2.44. The van der Waals surface area contributed by atoms with Crippen LogP contribution in [0, 0.1) is 6.92 Å². The van der Waals surface area contributed by atoms with E-state index in [1.807, 2.05) is 31.2 Å². The van der Waals surface area contributed by atoms with Crippen LogP contribution in [0.15, 0.2) is 120 Å². The molecule has 0 bridgehead atoms. The van der Waals surface area contributed by atoms with Gasteiger partial charge in [-0.25, -0.2) is 14.4 Å². The van der Waals surface area contributed by atoms with Gasteiger partial charge >= 0.3 is 17.9 Å². The number of rotatable bonds is 9. The first-order valence-corrected chi connectivity index (χ1v) is 14.6. The average molecular weight is 599 g/mol. The molecule has 1 N–H and O–H groups in total. The molecular formula is C34H30O8S. The van der Waals surface area contributed by atoms with Gasteiger partial charge in [0, 0.05) is 4.90 Å². The highest BCUT2D eigenvalue weighted by Gasteiger charge is 2.52. The van der Waals surface area contributed by atoms with E-state index in [-0.39, 0.29) is 16.7 Å². The topological polar surface area (TPSA) is 108 Å². The van der Waals surface area contributed by atoms with Crippen molar-refractivity contribution in [3.05, 3.63) is 138 Å². The van der Waals surface area contributed by atoms with E-state index < -0.39 is 54.4 Å². The molecule has 8 nitrogen and oxygen atoms in total. The Bertz CT molecular complexity index is 1510. The number of carbonyl (C=O) groups is 3. The number of carbonyl (C=O) groups excluding carboxylic acids is 3. The summed E-state index contributed by atoms with van der Waals surface area (Å²) in [4.78, 5) is 40.8. The fourth-order valence-corrected chi connectivity index (χ4v) is 5.67. The molecule has 1 aliphatic rings. The fourth-order valence-electron chi connectivity index (χ4n) is 4.57. The van der Waals surface area contributed by atoms with Crippen LogP contribution < -0.4 is 0 Å². The third-order valence-electron chi connectivity index (χ3n) is 6.80. The van der Waals surface area contributed by atoms with Gasteiger partial charge in [0.25, 0.3) is 0 Å². The lowest BCUT2D eigenvalue weighted by Crippen LogP contribution is -2.61. The van der Waals surface area contributed by atoms with Gasteiger partial charge in [-0.2, -0.15) is 0 Å². The summed E-state index contributed by atoms with van der Waals surface area (Å²) in [5.41, 5.74) is 0.890. The van der Waals surface area contributed by atoms with E-state index >= 15 is 0 Å². The van der Waals surface area contributed by atoms with Crippen LogP contribution in [0.4, 0.5) is 0 Å². The van der Waals surface area contributed by atoms with E-state index in [4.69, 9.17) is 18.9 Å². The lowest BCUT2D eigenvalue weighted by atomic mass is 9.98. The van der Waals surface area contributed by atoms with Crippen molar-refractivity contribution in [2.45, 2.75) is 41.7 Å². The molecule has 1 saturated heterocycles. The Morgan fingerprint density at radius 3 is 1.49 bits per heavy atom. The summed E-state index contributed by atoms with van der Waals surface area (Å²) in [7, 11) is 0. The fraction of sp³-hybridized carbons (Fsp3) is 0.206. The number of aliphatic hydroxyl groups is 1. The van der Waals surface area contributed by atoms with Gasteiger partial charge in [-0.3, -0.25) is 0 Å². The van der Waals surface area contributed by atoms with E-state index in [0.717, 1.165) is 10.5 Å². The second-order valence-electron chi connectivity index (χ2n) is 9.86. The molecule has 43 heavy (non-hydrogen) atoms. The highest BCUT2D eigenvalue weighted by molar-refractivity contribution is 7.99. The summed E-state index contributed by atoms with van der Waals surface area (Å²) >= 11 is 1.24. The van der Waals surface area contributed by atoms with Crippen molar-refractivity contribution in [2.75, 3.05) is 6.61 Å². The second kappa shape index (κ2) is 14.2. The number of hydrogen-bond acceptors (Lipinski definition) is 9. The molecule has 0 amide bonds. The predicted molar refractivity (Wildman–Crippen MR) is 160 cm³/mol. The first-order chi connectivity index (χ1) is 20.9. The largest absolute Gasteiger partial charge is 0.452 e. The minimum Gasteiger partial charge on any atom is -0.452 e. The Kier molecular flexibility index (Phi) is 9.88. The molecule has 1 aliphatic heterocycles. The van der Waals surface area contributed by atoms with E-state index in [1.165, 1.54) is 11.8 Å². The number of ether oxygens (including phenoxy) is 4. The van der Waals surface area contributed by atoms with Gasteiger partial charge in [0.2, 0.25) is 0 Å². The molecular weight excluding hydrogens is 568 g/mol. The van der Waals surface area contributed by atoms with Crippen molar-refractivity contribution in [3.63, 3.8) is 0 Å². The number of aliphatic hydroxyl groups excluding tert-OH is 1. The first-order valence-electron chi connectivity index (χ1n) is 13.7. The average Bonchev–Trinajstić information content (AvgIpc) is 3.05. The van der Waals surface area contributed by atoms with Gasteiger partial charge in [0.05, 0.1) is 23.3 Å². The molecule has 0 aromatic heterocycles. The highest BCUT2D eigenvalue weighted by Crippen LogP contribution is 2.38. The Labute approximate surface area is 253 Å². The Morgan fingerprint density at radius 2 is 1.05 bits per heavy atom. The molecule has 0 spiro atoms. The maximum absolute atomic E-state index is 13.4. The van der Waals surface area contributed by atoms with Crippen molar-refractivity contribution < 1.29 is 38.4 Å². The summed E-state index contributed by atoms with van der Waals surface area (Å²) in [6.07, 6.45) is -4.98. The number of esters is 3. The maximum atomic E-state index is 13.4. The Hall–Kier alpha value is -4.44. The molecule has 0 unspecified atom stereocenters. The van der Waals surface area contributed by atoms with Crippen molar-refractivity contribution >= 4 is 29.7 Å². The quantitative estimate of drug-likeness (QED) is 0.198. The van der Waals surface area contributed by atoms with E-state index in [0.29, 0.717) is 0 Å². The third-order valence-corrected chi connectivity index (χ3v) is 7.96. The molecule has 1 heterocycles. The molecule has 5 atom stereocenters. The molecule has 0 saturated carbocycles. The first kappa shape index (κ1) is 30.0. The van der Waals surface area contributed by atoms with Crippen molar-refractivity contribution in [1.29, 1.82) is 0 Å². The van der Waals surface area contributed by atoms with Gasteiger partial charge < -0.3 is 24.1 Å². The van der Waals surface area contributed by atoms with E-state index in [9.17, 15) is 19.5 Å². The summed E-state index contributed by atoms with van der Waals surface area (Å²) < 4.78 is 24.1. The number of hydrogen-bond donors (Lipinski definition) is 1. The standard InChI is InChI=1S/C34H30O8S/c1-22-17-19-26(20-18-22)43-34-30(42-33(38)25-15-9-4-10-16-25)29(41-32(37)24-13-7-3-8-14-24)28(27(21-35)39-34)40-31(36)23-11-5-2-6-12-23/h2-20,27-30,34-35H,21H2,1H3/t27-,28-,29+,30+,34-/m1/s1. The molecule has 0 aliphatic carbocycles. The zero-order valence-electron chi connectivity index (χ0n) is 23.3. The Balaban J connectivity index is 1.54. The SMILES string of the molecule is Cc1ccc(S[C@H]2O[C@H](CO)[C@@H](OC(=O)c3ccccc3)[C@H](OC(=O)c3ccccc3)[C@@H]2OC(=O)c2ccccc2)cc1. The molecule has 4 aromatic rings. The zero-order chi connectivity index (χ0) is 30.2. The van der Waals surface area contributed by atoms with E-state index in [2.05, 4.69) is 0 Å². The van der Waals surface area contributed by atoms with Gasteiger partial charge in [-0.15, -0.1) is 0 Å². The van der Waals surface area contributed by atoms with Crippen LogP contribution in [-0.4, -0.2) is 59.5 Å². The third kappa shape index (κ3) is 7.50. The second-order valence-corrected chi connectivity index (χ2v) is 11.0. The molecule has 0 radical (unpaired) electrons. The molecule has 4 aromatic carbocycles. The van der Waals surface area contributed by atoms with Crippen LogP contribution in [-0.2, 0) is 18.9 Å². The van der Waals surface area contributed by atoms with Gasteiger partial charge in [0.15, 0.2) is 18.3 Å². The normalized spacial score (nSPS) is 21.4. The zero-order valence-corrected chi connectivity index (χ0v) is 24.1. The van der Waals surface area contributed by atoms with Gasteiger partial charge in [-0.05, 0) is 55.5 Å². The number of benzene rings is 4. The van der Waals surface area contributed by atoms with Crippen LogP contribution in [0.2, 0.25) is 0 Å². The molecule has 9 heteroatoms. The minimum absolute atomic E-state index is 0.249.